The molecule has 0 spiro atoms. The number of nitrogens with two attached hydrogens (primary N) is 1. The van der Waals surface area contributed by atoms with Crippen LogP contribution >= 0.6 is 23.5 Å². The number of nitrogens with zero attached hydrogens (tertiary/aromatic N) is 5. The van der Waals surface area contributed by atoms with Crippen molar-refractivity contribution in [2.75, 3.05) is 12.3 Å². The minimum absolute atomic E-state index is 0.0509. The van der Waals surface area contributed by atoms with Crippen molar-refractivity contribution in [2.24, 2.45) is 5.11 Å². The van der Waals surface area contributed by atoms with E-state index in [1.165, 1.54) is 12.3 Å². The SMILES string of the molecule is [N-]=[N+]=NC1C[C@H](n2ccc(N)nc2=O)O[C@@H]1COP(=O)(O)OP(=O)(O)OP(=O)(O)O. The van der Waals surface area contributed by atoms with Gasteiger partial charge in [0, 0.05) is 17.5 Å². The van der Waals surface area contributed by atoms with Gasteiger partial charge >= 0.3 is 29.2 Å². The molecule has 3 unspecified atom stereocenters. The monoisotopic (exact) mass is 492 g/mol. The molecule has 0 aliphatic carbocycles. The molecule has 2 rings (SSSR count). The summed E-state index contributed by atoms with van der Waals surface area (Å²) in [6.07, 6.45) is -1.05. The summed E-state index contributed by atoms with van der Waals surface area (Å²) in [5.41, 5.74) is 13.3. The molecular formula is C9H15N6O12P3. The number of nitrogen functional groups attached to an aromatic ring is 1. The zero-order chi connectivity index (χ0) is 22.7. The Balaban J connectivity index is 2.09. The van der Waals surface area contributed by atoms with E-state index in [0.717, 1.165) is 4.57 Å². The van der Waals surface area contributed by atoms with E-state index in [-0.39, 0.29) is 12.2 Å². The average molecular weight is 492 g/mol. The molecule has 30 heavy (non-hydrogen) atoms. The van der Waals surface area contributed by atoms with Crippen LogP contribution in [-0.4, -0.2) is 47.9 Å². The first kappa shape index (κ1) is 24.6. The van der Waals surface area contributed by atoms with Gasteiger partial charge in [-0.1, -0.05) is 5.11 Å². The van der Waals surface area contributed by atoms with Crippen molar-refractivity contribution in [1.29, 1.82) is 0 Å². The first-order valence-corrected chi connectivity index (χ1v) is 12.1. The number of anilines is 1. The first-order valence-electron chi connectivity index (χ1n) is 7.54. The zero-order valence-electron chi connectivity index (χ0n) is 14.5. The van der Waals surface area contributed by atoms with Gasteiger partial charge in [-0.15, -0.1) is 0 Å². The van der Waals surface area contributed by atoms with Crippen molar-refractivity contribution in [2.45, 2.75) is 24.8 Å². The summed E-state index contributed by atoms with van der Waals surface area (Å²) in [7, 11) is -16.6. The highest BCUT2D eigenvalue weighted by molar-refractivity contribution is 7.66. The average Bonchev–Trinajstić information content (AvgIpc) is 2.92. The second kappa shape index (κ2) is 9.24. The summed E-state index contributed by atoms with van der Waals surface area (Å²) in [5.74, 6) is -0.0509. The lowest BCUT2D eigenvalue weighted by atomic mass is 10.1. The van der Waals surface area contributed by atoms with Crippen LogP contribution in [0.3, 0.4) is 0 Å². The van der Waals surface area contributed by atoms with Crippen LogP contribution in [0, 0.1) is 0 Å². The zero-order valence-corrected chi connectivity index (χ0v) is 17.2. The number of phosphoric acid groups is 3. The molecule has 0 amide bonds. The Morgan fingerprint density at radius 2 is 1.97 bits per heavy atom. The van der Waals surface area contributed by atoms with Crippen LogP contribution in [0.5, 0.6) is 0 Å². The summed E-state index contributed by atoms with van der Waals surface area (Å²) in [6.45, 7) is -0.846. The number of hydrogen-bond donors (Lipinski definition) is 5. The molecule has 1 aliphatic heterocycles. The highest BCUT2D eigenvalue weighted by Gasteiger charge is 2.43. The molecule has 1 saturated heterocycles. The third kappa shape index (κ3) is 7.25. The Bertz CT molecular complexity index is 1030. The fourth-order valence-electron chi connectivity index (χ4n) is 2.34. The van der Waals surface area contributed by atoms with Gasteiger partial charge in [0.15, 0.2) is 0 Å². The molecule has 0 bridgehead atoms. The third-order valence-corrected chi connectivity index (χ3v) is 7.19. The molecule has 168 valence electrons. The minimum atomic E-state index is -5.69. The Morgan fingerprint density at radius 3 is 2.53 bits per heavy atom. The Hall–Kier alpha value is -1.64. The number of ether oxygens (including phenoxy) is 1. The molecule has 0 aromatic carbocycles. The van der Waals surface area contributed by atoms with E-state index in [2.05, 4.69) is 28.2 Å². The molecule has 5 atom stereocenters. The summed E-state index contributed by atoms with van der Waals surface area (Å²) < 4.78 is 51.8. The molecule has 2 heterocycles. The van der Waals surface area contributed by atoms with E-state index in [1.807, 2.05) is 0 Å². The van der Waals surface area contributed by atoms with Crippen LogP contribution in [0.15, 0.2) is 22.2 Å². The summed E-state index contributed by atoms with van der Waals surface area (Å²) in [5, 5.41) is 3.42. The predicted octanol–water partition coefficient (Wildman–Crippen LogP) is 0.135. The minimum Gasteiger partial charge on any atom is -0.383 e. The Labute approximate surface area is 166 Å². The van der Waals surface area contributed by atoms with E-state index >= 15 is 0 Å². The second-order valence-electron chi connectivity index (χ2n) is 5.57. The molecule has 0 saturated carbocycles. The highest BCUT2D eigenvalue weighted by Crippen LogP contribution is 2.66. The lowest BCUT2D eigenvalue weighted by Crippen LogP contribution is -2.28. The Kier molecular flexibility index (Phi) is 7.59. The van der Waals surface area contributed by atoms with Gasteiger partial charge in [0.1, 0.15) is 12.0 Å². The van der Waals surface area contributed by atoms with Crippen LogP contribution in [0.4, 0.5) is 5.82 Å². The fraction of sp³-hybridized carbons (Fsp3) is 0.556. The number of phosphoric ester groups is 1. The van der Waals surface area contributed by atoms with Gasteiger partial charge in [0.25, 0.3) is 0 Å². The number of rotatable bonds is 9. The number of aromatic nitrogens is 2. The molecule has 1 aromatic heterocycles. The van der Waals surface area contributed by atoms with Crippen LogP contribution < -0.4 is 11.4 Å². The van der Waals surface area contributed by atoms with Crippen molar-refractivity contribution in [3.05, 3.63) is 33.2 Å². The Morgan fingerprint density at radius 1 is 1.30 bits per heavy atom. The maximum absolute atomic E-state index is 11.9. The van der Waals surface area contributed by atoms with E-state index in [4.69, 9.17) is 30.7 Å². The molecule has 1 aliphatic rings. The largest absolute Gasteiger partial charge is 0.490 e. The smallest absolute Gasteiger partial charge is 0.383 e. The van der Waals surface area contributed by atoms with Gasteiger partial charge in [-0.05, 0) is 11.6 Å². The van der Waals surface area contributed by atoms with Crippen LogP contribution in [0.25, 0.3) is 10.4 Å². The van der Waals surface area contributed by atoms with Crippen molar-refractivity contribution < 1.29 is 51.2 Å². The lowest BCUT2D eigenvalue weighted by molar-refractivity contribution is -0.0266. The summed E-state index contributed by atoms with van der Waals surface area (Å²) in [4.78, 5) is 53.6. The maximum Gasteiger partial charge on any atom is 0.490 e. The van der Waals surface area contributed by atoms with Gasteiger partial charge in [-0.25, -0.2) is 18.5 Å². The van der Waals surface area contributed by atoms with Gasteiger partial charge in [0.2, 0.25) is 0 Å². The number of hydrogen-bond acceptors (Lipinski definition) is 11. The number of azide groups is 1. The summed E-state index contributed by atoms with van der Waals surface area (Å²) >= 11 is 0. The second-order valence-corrected chi connectivity index (χ2v) is 9.99. The molecule has 18 nitrogen and oxygen atoms in total. The van der Waals surface area contributed by atoms with Gasteiger partial charge in [-0.3, -0.25) is 9.09 Å². The third-order valence-electron chi connectivity index (χ3n) is 3.38. The van der Waals surface area contributed by atoms with Gasteiger partial charge in [0.05, 0.1) is 18.8 Å². The fourth-order valence-corrected chi connectivity index (χ4v) is 5.37. The molecule has 1 aromatic rings. The van der Waals surface area contributed by atoms with E-state index in [0.29, 0.717) is 0 Å². The normalized spacial score (nSPS) is 25.8. The maximum atomic E-state index is 11.9. The molecule has 1 fully saturated rings. The van der Waals surface area contributed by atoms with Crippen molar-refractivity contribution in [3.63, 3.8) is 0 Å². The van der Waals surface area contributed by atoms with E-state index in [1.54, 1.807) is 0 Å². The predicted molar refractivity (Wildman–Crippen MR) is 94.2 cm³/mol. The van der Waals surface area contributed by atoms with E-state index in [9.17, 15) is 23.4 Å². The molecule has 0 radical (unpaired) electrons. The highest BCUT2D eigenvalue weighted by atomic mass is 31.3. The molecule has 6 N–H and O–H groups in total. The van der Waals surface area contributed by atoms with Crippen molar-refractivity contribution in [1.82, 2.24) is 9.55 Å². The van der Waals surface area contributed by atoms with Gasteiger partial charge in [-0.2, -0.15) is 13.6 Å². The first-order chi connectivity index (χ1) is 13.7. The quantitative estimate of drug-likeness (QED) is 0.133. The topological polar surface area (TPSA) is 279 Å². The molecular weight excluding hydrogens is 477 g/mol. The van der Waals surface area contributed by atoms with Crippen LogP contribution in [-0.2, 0) is 31.6 Å². The van der Waals surface area contributed by atoms with Gasteiger partial charge < -0.3 is 30.0 Å². The molecule has 21 heteroatoms. The lowest BCUT2D eigenvalue weighted by Gasteiger charge is -2.19. The van der Waals surface area contributed by atoms with Crippen molar-refractivity contribution >= 4 is 29.3 Å². The van der Waals surface area contributed by atoms with E-state index < -0.39 is 54.1 Å². The van der Waals surface area contributed by atoms with Crippen molar-refractivity contribution in [3.8, 4) is 0 Å². The van der Waals surface area contributed by atoms with Crippen LogP contribution in [0.1, 0.15) is 12.6 Å². The standard InChI is InChI=1S/C9H15N6O12P3/c10-7-1-2-15(9(16)12-7)8-3-5(13-14-11)6(25-8)4-24-29(20,21)27-30(22,23)26-28(17,18)19/h1-2,5-6,8H,3-4H2,(H,20,21)(H,22,23)(H2,10,12,16)(H2,17,18,19)/t5?,6-,8-/m1/s1. The summed E-state index contributed by atoms with van der Waals surface area (Å²) in [6, 6.07) is 0.295. The van der Waals surface area contributed by atoms with Crippen LogP contribution in [0.2, 0.25) is 0 Å².